The summed E-state index contributed by atoms with van der Waals surface area (Å²) in [6.45, 7) is 69.4. The molecule has 0 aromatic heterocycles. The maximum Gasteiger partial charge on any atom is 0.0299 e. The molecule has 266 valence electrons. The van der Waals surface area contributed by atoms with Gasteiger partial charge in [0.25, 0.3) is 0 Å². The van der Waals surface area contributed by atoms with Crippen molar-refractivity contribution in [2.45, 2.75) is 122 Å². The predicted molar refractivity (Wildman–Crippen MR) is 222 cm³/mol. The quantitative estimate of drug-likeness (QED) is 0.0808. The number of hydrogen-bond acceptors (Lipinski definition) is 0. The Morgan fingerprint density at radius 1 is 0.562 bits per heavy atom. The van der Waals surface area contributed by atoms with Crippen molar-refractivity contribution in [3.63, 3.8) is 0 Å². The van der Waals surface area contributed by atoms with Crippen LogP contribution >= 0.6 is 0 Å². The number of hydrogen-bond donors (Lipinski definition) is 0. The van der Waals surface area contributed by atoms with Gasteiger partial charge in [-0.15, -0.1) is 19.7 Å². The highest BCUT2D eigenvalue weighted by Gasteiger charge is 2.60. The summed E-state index contributed by atoms with van der Waals surface area (Å²) in [4.78, 5) is 0. The monoisotopic (exact) mass is 651 g/mol. The fourth-order valence-electron chi connectivity index (χ4n) is 9.09. The minimum atomic E-state index is -0.566. The van der Waals surface area contributed by atoms with Gasteiger partial charge in [0.15, 0.2) is 0 Å². The first-order valence-electron chi connectivity index (χ1n) is 17.7. The smallest absolute Gasteiger partial charge is 0.0299 e. The minimum Gasteiger partial charge on any atom is -0.103 e. The average Bonchev–Trinajstić information content (AvgIpc) is 2.99. The van der Waals surface area contributed by atoms with E-state index in [2.05, 4.69) is 179 Å². The summed E-state index contributed by atoms with van der Waals surface area (Å²) in [5.41, 5.74) is 6.46. The molecule has 0 aromatic carbocycles. The topological polar surface area (TPSA) is 0 Å². The molecule has 0 nitrogen and oxygen atoms in total. The lowest BCUT2D eigenvalue weighted by atomic mass is 9.41. The Hall–Kier alpha value is -3.12. The van der Waals surface area contributed by atoms with Crippen LogP contribution < -0.4 is 0 Å². The van der Waals surface area contributed by atoms with E-state index in [1.807, 2.05) is 6.08 Å². The molecule has 0 saturated heterocycles. The van der Waals surface area contributed by atoms with Crippen molar-refractivity contribution in [1.82, 2.24) is 0 Å². The Morgan fingerprint density at radius 3 is 1.35 bits per heavy atom. The fraction of sp³-hybridized carbons (Fsp3) is 0.500. The van der Waals surface area contributed by atoms with Gasteiger partial charge in [0.2, 0.25) is 0 Å². The molecular weight excluding hydrogens is 577 g/mol. The van der Waals surface area contributed by atoms with Gasteiger partial charge < -0.3 is 0 Å². The molecule has 6 atom stereocenters. The Bertz CT molecular complexity index is 1400. The van der Waals surface area contributed by atoms with Crippen molar-refractivity contribution in [1.29, 1.82) is 0 Å². The van der Waals surface area contributed by atoms with E-state index in [0.29, 0.717) is 0 Å². The van der Waals surface area contributed by atoms with Crippen LogP contribution in [-0.2, 0) is 0 Å². The second kappa shape index (κ2) is 17.0. The highest BCUT2D eigenvalue weighted by molar-refractivity contribution is 5.42. The predicted octanol–water partition coefficient (Wildman–Crippen LogP) is 15.4. The SMILES string of the molecule is C=CCC(CCC(C=C)(C(=C)C)C(C)(CCC(C)(C(=C)C)C(C=C)(C(=C)C)C(C)(C=CC)C(=C)C)C(C)(C=CC)C(=C)C)=C(C)C(=C)C. The molecule has 0 rings (SSSR count). The van der Waals surface area contributed by atoms with Crippen molar-refractivity contribution in [2.75, 3.05) is 0 Å². The van der Waals surface area contributed by atoms with E-state index in [0.717, 1.165) is 65.5 Å². The molecule has 0 radical (unpaired) electrons. The summed E-state index contributed by atoms with van der Waals surface area (Å²) >= 11 is 0. The van der Waals surface area contributed by atoms with Crippen LogP contribution in [0.15, 0.2) is 146 Å². The average molecular weight is 651 g/mol. The van der Waals surface area contributed by atoms with Crippen molar-refractivity contribution >= 4 is 0 Å². The third-order valence-corrected chi connectivity index (χ3v) is 13.1. The fourth-order valence-corrected chi connectivity index (χ4v) is 9.09. The van der Waals surface area contributed by atoms with Crippen molar-refractivity contribution < 1.29 is 0 Å². The summed E-state index contributed by atoms with van der Waals surface area (Å²) in [5.74, 6) is 0. The highest BCUT2D eigenvalue weighted by atomic mass is 14.6. The highest BCUT2D eigenvalue weighted by Crippen LogP contribution is 2.68. The third-order valence-electron chi connectivity index (χ3n) is 13.1. The summed E-state index contributed by atoms with van der Waals surface area (Å²) in [6, 6.07) is 0. The zero-order valence-corrected chi connectivity index (χ0v) is 33.9. The molecule has 0 N–H and O–H groups in total. The van der Waals surface area contributed by atoms with Crippen LogP contribution in [-0.4, -0.2) is 0 Å². The van der Waals surface area contributed by atoms with Gasteiger partial charge >= 0.3 is 0 Å². The van der Waals surface area contributed by atoms with E-state index < -0.39 is 27.1 Å². The van der Waals surface area contributed by atoms with Crippen molar-refractivity contribution in [3.05, 3.63) is 146 Å². The van der Waals surface area contributed by atoms with E-state index in [1.165, 1.54) is 11.1 Å². The molecule has 0 heteroatoms. The van der Waals surface area contributed by atoms with Crippen LogP contribution in [0.4, 0.5) is 0 Å². The maximum absolute atomic E-state index is 4.71. The van der Waals surface area contributed by atoms with Crippen LogP contribution in [0.1, 0.15) is 122 Å². The van der Waals surface area contributed by atoms with Crippen molar-refractivity contribution in [2.24, 2.45) is 32.5 Å². The van der Waals surface area contributed by atoms with Gasteiger partial charge in [-0.1, -0.05) is 149 Å². The molecule has 0 fully saturated rings. The zero-order valence-electron chi connectivity index (χ0n) is 33.9. The molecule has 48 heavy (non-hydrogen) atoms. The molecule has 0 heterocycles. The molecule has 6 unspecified atom stereocenters. The lowest BCUT2D eigenvalue weighted by Crippen LogP contribution is -2.54. The first-order valence-corrected chi connectivity index (χ1v) is 17.7. The Labute approximate surface area is 300 Å². The zero-order chi connectivity index (χ0) is 38.1. The summed E-state index contributed by atoms with van der Waals surface area (Å²) < 4.78 is 0. The summed E-state index contributed by atoms with van der Waals surface area (Å²) in [7, 11) is 0. The molecular formula is C48H74. The number of allylic oxidation sites excluding steroid dienone is 15. The second-order valence-electron chi connectivity index (χ2n) is 15.7. The van der Waals surface area contributed by atoms with E-state index in [9.17, 15) is 0 Å². The van der Waals surface area contributed by atoms with Crippen LogP contribution in [0.25, 0.3) is 0 Å². The molecule has 0 amide bonds. The molecule has 0 saturated carbocycles. The van der Waals surface area contributed by atoms with Crippen LogP contribution in [0.3, 0.4) is 0 Å². The van der Waals surface area contributed by atoms with Gasteiger partial charge in [0.1, 0.15) is 0 Å². The normalized spacial score (nSPS) is 20.0. The summed E-state index contributed by atoms with van der Waals surface area (Å²) in [6.07, 6.45) is 19.5. The molecule has 0 spiro atoms. The van der Waals surface area contributed by atoms with Gasteiger partial charge in [-0.25, -0.2) is 0 Å². The Kier molecular flexibility index (Phi) is 15.9. The van der Waals surface area contributed by atoms with Gasteiger partial charge in [-0.3, -0.25) is 0 Å². The largest absolute Gasteiger partial charge is 0.103 e. The van der Waals surface area contributed by atoms with E-state index >= 15 is 0 Å². The standard InChI is InChI=1S/C48H74/c1-23-28-42(41(18)35(6)7)29-32-47(26-4,39(14)15)46(22,43(19,30-24-2)36(8)9)34-33-45(21,38(12)13)48(27-5,40(16)17)44(20,31-25-3)37(10)11/h23-27,30-31H,1,4-6,8,10,12,14,16,28-29,32-34H2,2-3,7,9,11,13,15,17-22H3. The van der Waals surface area contributed by atoms with Crippen LogP contribution in [0.5, 0.6) is 0 Å². The van der Waals surface area contributed by atoms with E-state index in [-0.39, 0.29) is 5.41 Å². The molecule has 0 aliphatic carbocycles. The Morgan fingerprint density at radius 2 is 1.04 bits per heavy atom. The second-order valence-corrected chi connectivity index (χ2v) is 15.7. The van der Waals surface area contributed by atoms with Gasteiger partial charge in [-0.05, 0) is 105 Å². The van der Waals surface area contributed by atoms with Gasteiger partial charge in [0.05, 0.1) is 0 Å². The molecule has 0 bridgehead atoms. The summed E-state index contributed by atoms with van der Waals surface area (Å²) in [5, 5.41) is 0. The van der Waals surface area contributed by atoms with Gasteiger partial charge in [0, 0.05) is 27.1 Å². The third kappa shape index (κ3) is 7.39. The van der Waals surface area contributed by atoms with Crippen LogP contribution in [0, 0.1) is 32.5 Å². The maximum atomic E-state index is 4.71. The van der Waals surface area contributed by atoms with E-state index in [1.54, 1.807) is 0 Å². The lowest BCUT2D eigenvalue weighted by Gasteiger charge is -2.61. The molecule has 0 aliphatic rings. The minimum absolute atomic E-state index is 0.388. The number of rotatable bonds is 22. The molecule has 0 aromatic rings. The van der Waals surface area contributed by atoms with E-state index in [4.69, 9.17) is 6.58 Å². The first kappa shape index (κ1) is 44.9. The van der Waals surface area contributed by atoms with Gasteiger partial charge in [-0.2, -0.15) is 0 Å². The van der Waals surface area contributed by atoms with Crippen LogP contribution in [0.2, 0.25) is 0 Å². The van der Waals surface area contributed by atoms with Crippen molar-refractivity contribution in [3.8, 4) is 0 Å². The first-order chi connectivity index (χ1) is 21.9. The molecule has 0 aliphatic heterocycles. The lowest BCUT2D eigenvalue weighted by molar-refractivity contribution is -0.00784. The Balaban J connectivity index is 8.28.